The number of aryl methyl sites for hydroxylation is 3. The number of carbonyl (C=O) groups excluding carboxylic acids is 1. The van der Waals surface area contributed by atoms with Crippen molar-refractivity contribution in [3.05, 3.63) is 51.0 Å². The Balaban J connectivity index is 2.16. The normalized spacial score (nSPS) is 10.6. The first-order valence-electron chi connectivity index (χ1n) is 6.15. The van der Waals surface area contributed by atoms with Crippen molar-refractivity contribution < 1.29 is 4.79 Å². The summed E-state index contributed by atoms with van der Waals surface area (Å²) in [4.78, 5) is 19.0. The second kappa shape index (κ2) is 5.44. The SMILES string of the molecule is CCc1ccc(CC(=O)c2ccc(C)nc2C)s1. The lowest BCUT2D eigenvalue weighted by Gasteiger charge is -2.04. The van der Waals surface area contributed by atoms with Crippen molar-refractivity contribution in [2.45, 2.75) is 33.6 Å². The van der Waals surface area contributed by atoms with Gasteiger partial charge in [0.05, 0.1) is 0 Å². The van der Waals surface area contributed by atoms with Crippen molar-refractivity contribution >= 4 is 17.1 Å². The van der Waals surface area contributed by atoms with Crippen LogP contribution >= 0.6 is 11.3 Å². The number of nitrogens with zero attached hydrogens (tertiary/aromatic N) is 1. The van der Waals surface area contributed by atoms with Gasteiger partial charge in [0.1, 0.15) is 0 Å². The molecule has 2 nitrogen and oxygen atoms in total. The molecular formula is C15H17NOS. The Morgan fingerprint density at radius 2 is 1.89 bits per heavy atom. The molecule has 0 aliphatic heterocycles. The number of pyridine rings is 1. The van der Waals surface area contributed by atoms with E-state index in [2.05, 4.69) is 24.0 Å². The third-order valence-corrected chi connectivity index (χ3v) is 4.16. The van der Waals surface area contributed by atoms with Crippen LogP contribution in [0, 0.1) is 13.8 Å². The van der Waals surface area contributed by atoms with Crippen LogP contribution in [-0.2, 0) is 12.8 Å². The van der Waals surface area contributed by atoms with Gasteiger partial charge in [-0.1, -0.05) is 6.92 Å². The Bertz CT molecular complexity index is 572. The van der Waals surface area contributed by atoms with Crippen molar-refractivity contribution in [2.24, 2.45) is 0 Å². The monoisotopic (exact) mass is 259 g/mol. The summed E-state index contributed by atoms with van der Waals surface area (Å²) in [6.07, 6.45) is 1.51. The molecule has 0 aliphatic carbocycles. The van der Waals surface area contributed by atoms with Crippen molar-refractivity contribution in [2.75, 3.05) is 0 Å². The van der Waals surface area contributed by atoms with E-state index in [1.807, 2.05) is 26.0 Å². The van der Waals surface area contributed by atoms with E-state index in [0.29, 0.717) is 6.42 Å². The topological polar surface area (TPSA) is 30.0 Å². The highest BCUT2D eigenvalue weighted by atomic mass is 32.1. The van der Waals surface area contributed by atoms with Gasteiger partial charge in [0.15, 0.2) is 5.78 Å². The molecule has 0 unspecified atom stereocenters. The zero-order valence-electron chi connectivity index (χ0n) is 11.0. The Morgan fingerprint density at radius 1 is 1.17 bits per heavy atom. The highest BCUT2D eigenvalue weighted by Crippen LogP contribution is 2.19. The highest BCUT2D eigenvalue weighted by Gasteiger charge is 2.12. The molecule has 0 saturated heterocycles. The molecule has 0 radical (unpaired) electrons. The summed E-state index contributed by atoms with van der Waals surface area (Å²) in [5.74, 6) is 0.157. The van der Waals surface area contributed by atoms with Crippen molar-refractivity contribution in [1.82, 2.24) is 4.98 Å². The van der Waals surface area contributed by atoms with E-state index < -0.39 is 0 Å². The molecule has 2 rings (SSSR count). The molecule has 3 heteroatoms. The lowest BCUT2D eigenvalue weighted by atomic mass is 10.1. The van der Waals surface area contributed by atoms with E-state index in [4.69, 9.17) is 0 Å². The summed E-state index contributed by atoms with van der Waals surface area (Å²) in [5.41, 5.74) is 2.52. The van der Waals surface area contributed by atoms with Crippen LogP contribution in [0.15, 0.2) is 24.3 Å². The minimum Gasteiger partial charge on any atom is -0.294 e. The van der Waals surface area contributed by atoms with Crippen LogP contribution in [0.1, 0.15) is 38.4 Å². The second-order valence-electron chi connectivity index (χ2n) is 4.41. The fraction of sp³-hybridized carbons (Fsp3) is 0.333. The van der Waals surface area contributed by atoms with Crippen LogP contribution in [0.25, 0.3) is 0 Å². The number of Topliss-reactive ketones (excluding diaryl/α,β-unsaturated/α-hetero) is 1. The Kier molecular flexibility index (Phi) is 3.92. The molecule has 0 N–H and O–H groups in total. The molecule has 2 heterocycles. The molecule has 0 fully saturated rings. The number of ketones is 1. The Morgan fingerprint density at radius 3 is 2.50 bits per heavy atom. The number of aromatic nitrogens is 1. The van der Waals surface area contributed by atoms with Gasteiger partial charge in [-0.15, -0.1) is 11.3 Å². The quantitative estimate of drug-likeness (QED) is 0.783. The molecule has 2 aromatic heterocycles. The number of thiophene rings is 1. The third kappa shape index (κ3) is 2.85. The molecular weight excluding hydrogens is 242 g/mol. The summed E-state index contributed by atoms with van der Waals surface area (Å²) in [7, 11) is 0. The van der Waals surface area contributed by atoms with Crippen LogP contribution in [-0.4, -0.2) is 10.8 Å². The maximum Gasteiger partial charge on any atom is 0.169 e. The summed E-state index contributed by atoms with van der Waals surface area (Å²) >= 11 is 1.72. The van der Waals surface area contributed by atoms with Gasteiger partial charge < -0.3 is 0 Å². The number of hydrogen-bond acceptors (Lipinski definition) is 3. The number of hydrogen-bond donors (Lipinski definition) is 0. The summed E-state index contributed by atoms with van der Waals surface area (Å²) in [6.45, 7) is 5.96. The standard InChI is InChI=1S/C15H17NOS/c1-4-12-6-7-13(18-12)9-15(17)14-8-5-10(2)16-11(14)3/h5-8H,4,9H2,1-3H3. The van der Waals surface area contributed by atoms with Crippen molar-refractivity contribution in [3.8, 4) is 0 Å². The fourth-order valence-electron chi connectivity index (χ4n) is 1.94. The number of rotatable bonds is 4. The lowest BCUT2D eigenvalue weighted by Crippen LogP contribution is -2.06. The maximum atomic E-state index is 12.2. The van der Waals surface area contributed by atoms with Gasteiger partial charge >= 0.3 is 0 Å². The van der Waals surface area contributed by atoms with Gasteiger partial charge in [0.2, 0.25) is 0 Å². The molecule has 0 aromatic carbocycles. The van der Waals surface area contributed by atoms with Gasteiger partial charge in [-0.3, -0.25) is 9.78 Å². The molecule has 0 amide bonds. The average molecular weight is 259 g/mol. The van der Waals surface area contributed by atoms with Crippen molar-refractivity contribution in [1.29, 1.82) is 0 Å². The van der Waals surface area contributed by atoms with E-state index in [1.54, 1.807) is 11.3 Å². The van der Waals surface area contributed by atoms with Gasteiger partial charge in [0, 0.05) is 33.1 Å². The lowest BCUT2D eigenvalue weighted by molar-refractivity contribution is 0.0993. The van der Waals surface area contributed by atoms with E-state index in [0.717, 1.165) is 28.2 Å². The Hall–Kier alpha value is -1.48. The largest absolute Gasteiger partial charge is 0.294 e. The van der Waals surface area contributed by atoms with E-state index in [1.165, 1.54) is 4.88 Å². The highest BCUT2D eigenvalue weighted by molar-refractivity contribution is 7.12. The van der Waals surface area contributed by atoms with E-state index in [9.17, 15) is 4.79 Å². The predicted molar refractivity (Wildman–Crippen MR) is 75.4 cm³/mol. The van der Waals surface area contributed by atoms with Crippen LogP contribution in [0.4, 0.5) is 0 Å². The first-order valence-corrected chi connectivity index (χ1v) is 6.97. The van der Waals surface area contributed by atoms with Crippen LogP contribution < -0.4 is 0 Å². The molecule has 94 valence electrons. The predicted octanol–water partition coefficient (Wildman–Crippen LogP) is 3.75. The van der Waals surface area contributed by atoms with Gasteiger partial charge in [0.25, 0.3) is 0 Å². The first-order chi connectivity index (χ1) is 8.60. The zero-order chi connectivity index (χ0) is 13.1. The third-order valence-electron chi connectivity index (χ3n) is 2.93. The summed E-state index contributed by atoms with van der Waals surface area (Å²) in [5, 5.41) is 0. The molecule has 0 saturated carbocycles. The number of carbonyl (C=O) groups is 1. The van der Waals surface area contributed by atoms with E-state index >= 15 is 0 Å². The van der Waals surface area contributed by atoms with Gasteiger partial charge in [-0.2, -0.15) is 0 Å². The van der Waals surface area contributed by atoms with Crippen LogP contribution in [0.2, 0.25) is 0 Å². The maximum absolute atomic E-state index is 12.2. The van der Waals surface area contributed by atoms with Crippen LogP contribution in [0.3, 0.4) is 0 Å². The average Bonchev–Trinajstić information content (AvgIpc) is 2.76. The second-order valence-corrected chi connectivity index (χ2v) is 5.66. The summed E-state index contributed by atoms with van der Waals surface area (Å²) in [6, 6.07) is 7.94. The molecule has 0 spiro atoms. The zero-order valence-corrected chi connectivity index (χ0v) is 11.8. The molecule has 2 aromatic rings. The first kappa shape index (κ1) is 13.0. The van der Waals surface area contributed by atoms with Crippen LogP contribution in [0.5, 0.6) is 0 Å². The Labute approximate surface area is 112 Å². The molecule has 0 bridgehead atoms. The summed E-state index contributed by atoms with van der Waals surface area (Å²) < 4.78 is 0. The van der Waals surface area contributed by atoms with Gasteiger partial charge in [-0.25, -0.2) is 0 Å². The molecule has 0 atom stereocenters. The molecule has 18 heavy (non-hydrogen) atoms. The minimum atomic E-state index is 0.157. The fourth-order valence-corrected chi connectivity index (χ4v) is 2.90. The minimum absolute atomic E-state index is 0.157. The van der Waals surface area contributed by atoms with Crippen molar-refractivity contribution in [3.63, 3.8) is 0 Å². The smallest absolute Gasteiger partial charge is 0.169 e. The van der Waals surface area contributed by atoms with E-state index in [-0.39, 0.29) is 5.78 Å². The van der Waals surface area contributed by atoms with Gasteiger partial charge in [-0.05, 0) is 44.5 Å². The molecule has 0 aliphatic rings.